The summed E-state index contributed by atoms with van der Waals surface area (Å²) in [5.41, 5.74) is 5.03. The first-order valence-corrected chi connectivity index (χ1v) is 4.46. The van der Waals surface area contributed by atoms with E-state index in [4.69, 9.17) is 5.73 Å². The standard InChI is InChI=1S/C7H6BrF3N2O2/c8-6-5(14)3(1-12)4(2-13-6)15-7(9,10)11/h2,14H,1,12H2. The van der Waals surface area contributed by atoms with Crippen molar-refractivity contribution in [3.8, 4) is 11.5 Å². The lowest BCUT2D eigenvalue weighted by Gasteiger charge is -2.13. The molecule has 84 valence electrons. The summed E-state index contributed by atoms with van der Waals surface area (Å²) < 4.78 is 39.4. The Kier molecular flexibility index (Phi) is 3.40. The fourth-order valence-corrected chi connectivity index (χ4v) is 1.25. The van der Waals surface area contributed by atoms with Crippen molar-refractivity contribution in [1.82, 2.24) is 4.98 Å². The lowest BCUT2D eigenvalue weighted by Crippen LogP contribution is -2.19. The number of aromatic nitrogens is 1. The maximum absolute atomic E-state index is 11.9. The quantitative estimate of drug-likeness (QED) is 0.815. The van der Waals surface area contributed by atoms with Crippen LogP contribution in [-0.2, 0) is 6.54 Å². The number of nitrogens with zero attached hydrogens (tertiary/aromatic N) is 1. The first-order valence-electron chi connectivity index (χ1n) is 3.67. The molecule has 15 heavy (non-hydrogen) atoms. The Balaban J connectivity index is 3.14. The van der Waals surface area contributed by atoms with Crippen LogP contribution in [0.3, 0.4) is 0 Å². The van der Waals surface area contributed by atoms with Crippen LogP contribution in [0.25, 0.3) is 0 Å². The zero-order valence-electron chi connectivity index (χ0n) is 7.18. The van der Waals surface area contributed by atoms with E-state index in [1.165, 1.54) is 0 Å². The Morgan fingerprint density at radius 3 is 2.60 bits per heavy atom. The van der Waals surface area contributed by atoms with Gasteiger partial charge >= 0.3 is 6.36 Å². The van der Waals surface area contributed by atoms with E-state index in [-0.39, 0.29) is 16.7 Å². The smallest absolute Gasteiger partial charge is 0.505 e. The summed E-state index contributed by atoms with van der Waals surface area (Å²) in [6.45, 7) is -0.293. The van der Waals surface area contributed by atoms with Crippen molar-refractivity contribution in [2.45, 2.75) is 12.9 Å². The highest BCUT2D eigenvalue weighted by atomic mass is 79.9. The van der Waals surface area contributed by atoms with Crippen molar-refractivity contribution in [2.24, 2.45) is 5.73 Å². The van der Waals surface area contributed by atoms with Gasteiger partial charge < -0.3 is 15.6 Å². The number of rotatable bonds is 2. The average molecular weight is 287 g/mol. The van der Waals surface area contributed by atoms with Gasteiger partial charge in [0, 0.05) is 6.54 Å². The SMILES string of the molecule is NCc1c(OC(F)(F)F)cnc(Br)c1O. The van der Waals surface area contributed by atoms with Gasteiger partial charge in [0.2, 0.25) is 0 Å². The number of alkyl halides is 3. The third-order valence-electron chi connectivity index (χ3n) is 1.50. The van der Waals surface area contributed by atoms with E-state index in [0.29, 0.717) is 0 Å². The van der Waals surface area contributed by atoms with Gasteiger partial charge in [-0.05, 0) is 15.9 Å². The second kappa shape index (κ2) is 4.23. The molecule has 0 saturated heterocycles. The summed E-state index contributed by atoms with van der Waals surface area (Å²) in [7, 11) is 0. The lowest BCUT2D eigenvalue weighted by molar-refractivity contribution is -0.275. The Morgan fingerprint density at radius 1 is 1.53 bits per heavy atom. The molecule has 0 aliphatic carbocycles. The molecule has 1 aromatic heterocycles. The highest BCUT2D eigenvalue weighted by Gasteiger charge is 2.33. The van der Waals surface area contributed by atoms with Gasteiger partial charge in [0.25, 0.3) is 0 Å². The van der Waals surface area contributed by atoms with Crippen LogP contribution in [0.4, 0.5) is 13.2 Å². The minimum Gasteiger partial charge on any atom is -0.505 e. The topological polar surface area (TPSA) is 68.4 Å². The molecule has 0 amide bonds. The van der Waals surface area contributed by atoms with Gasteiger partial charge in [0.05, 0.1) is 11.8 Å². The van der Waals surface area contributed by atoms with Gasteiger partial charge in [-0.3, -0.25) is 0 Å². The largest absolute Gasteiger partial charge is 0.573 e. The minimum absolute atomic E-state index is 0.0116. The van der Waals surface area contributed by atoms with Crippen molar-refractivity contribution in [2.75, 3.05) is 0 Å². The van der Waals surface area contributed by atoms with Gasteiger partial charge in [0.1, 0.15) is 4.60 Å². The average Bonchev–Trinajstić information content (AvgIpc) is 2.10. The zero-order chi connectivity index (χ0) is 11.6. The second-order valence-electron chi connectivity index (χ2n) is 2.49. The summed E-state index contributed by atoms with van der Waals surface area (Å²) >= 11 is 2.85. The molecule has 4 nitrogen and oxygen atoms in total. The number of ether oxygens (including phenoxy) is 1. The van der Waals surface area contributed by atoms with Crippen LogP contribution in [0.5, 0.6) is 11.5 Å². The van der Waals surface area contributed by atoms with E-state index in [9.17, 15) is 18.3 Å². The van der Waals surface area contributed by atoms with Crippen LogP contribution in [0, 0.1) is 0 Å². The summed E-state index contributed by atoms with van der Waals surface area (Å²) in [4.78, 5) is 3.46. The van der Waals surface area contributed by atoms with Crippen LogP contribution < -0.4 is 10.5 Å². The molecule has 0 fully saturated rings. The predicted molar refractivity (Wildman–Crippen MR) is 48.2 cm³/mol. The van der Waals surface area contributed by atoms with E-state index in [0.717, 1.165) is 6.20 Å². The van der Waals surface area contributed by atoms with Gasteiger partial charge in [-0.25, -0.2) is 4.98 Å². The molecule has 0 atom stereocenters. The number of aromatic hydroxyl groups is 1. The molecule has 0 radical (unpaired) electrons. The Labute approximate surface area is 91.0 Å². The van der Waals surface area contributed by atoms with Crippen molar-refractivity contribution >= 4 is 15.9 Å². The molecule has 0 aliphatic rings. The van der Waals surface area contributed by atoms with Crippen molar-refractivity contribution in [1.29, 1.82) is 0 Å². The van der Waals surface area contributed by atoms with Gasteiger partial charge in [-0.1, -0.05) is 0 Å². The Hall–Kier alpha value is -1.02. The van der Waals surface area contributed by atoms with Crippen molar-refractivity contribution in [3.05, 3.63) is 16.4 Å². The van der Waals surface area contributed by atoms with Crippen LogP contribution >= 0.6 is 15.9 Å². The lowest BCUT2D eigenvalue weighted by atomic mass is 10.2. The fraction of sp³-hybridized carbons (Fsp3) is 0.286. The molecular weight excluding hydrogens is 281 g/mol. The van der Waals surface area contributed by atoms with Crippen LogP contribution in [0.15, 0.2) is 10.8 Å². The van der Waals surface area contributed by atoms with Gasteiger partial charge in [0.15, 0.2) is 11.5 Å². The molecule has 0 saturated carbocycles. The molecule has 0 aromatic carbocycles. The van der Waals surface area contributed by atoms with E-state index in [1.54, 1.807) is 0 Å². The Bertz CT molecular complexity index is 370. The minimum atomic E-state index is -4.84. The first kappa shape index (κ1) is 12.1. The molecular formula is C7H6BrF3N2O2. The maximum atomic E-state index is 11.9. The number of pyridine rings is 1. The van der Waals surface area contributed by atoms with Crippen LogP contribution in [0.1, 0.15) is 5.56 Å². The maximum Gasteiger partial charge on any atom is 0.573 e. The predicted octanol–water partition coefficient (Wildman–Crippen LogP) is 1.91. The third kappa shape index (κ3) is 2.96. The second-order valence-corrected chi connectivity index (χ2v) is 3.24. The number of hydrogen-bond acceptors (Lipinski definition) is 4. The van der Waals surface area contributed by atoms with Crippen molar-refractivity contribution in [3.63, 3.8) is 0 Å². The summed E-state index contributed by atoms with van der Waals surface area (Å²) in [5, 5.41) is 9.34. The van der Waals surface area contributed by atoms with Gasteiger partial charge in [-0.15, -0.1) is 13.2 Å². The van der Waals surface area contributed by atoms with Crippen LogP contribution in [0.2, 0.25) is 0 Å². The van der Waals surface area contributed by atoms with Gasteiger partial charge in [-0.2, -0.15) is 0 Å². The Morgan fingerprint density at radius 2 is 2.13 bits per heavy atom. The van der Waals surface area contributed by atoms with Crippen molar-refractivity contribution < 1.29 is 23.0 Å². The monoisotopic (exact) mass is 286 g/mol. The molecule has 0 spiro atoms. The molecule has 0 aliphatic heterocycles. The number of nitrogens with two attached hydrogens (primary N) is 1. The summed E-state index contributed by atoms with van der Waals surface area (Å²) in [6.07, 6.45) is -4.01. The number of halogens is 4. The molecule has 0 bridgehead atoms. The van der Waals surface area contributed by atoms with E-state index in [1.807, 2.05) is 0 Å². The third-order valence-corrected chi connectivity index (χ3v) is 2.08. The first-order chi connectivity index (χ1) is 6.85. The van der Waals surface area contributed by atoms with E-state index >= 15 is 0 Å². The molecule has 1 rings (SSSR count). The molecule has 1 aromatic rings. The summed E-state index contributed by atoms with van der Waals surface area (Å²) in [6, 6.07) is 0. The van der Waals surface area contributed by atoms with E-state index < -0.39 is 17.9 Å². The zero-order valence-corrected chi connectivity index (χ0v) is 8.76. The molecule has 1 heterocycles. The van der Waals surface area contributed by atoms with Crippen LogP contribution in [-0.4, -0.2) is 16.5 Å². The summed E-state index contributed by atoms with van der Waals surface area (Å²) in [5.74, 6) is -1.06. The normalized spacial score (nSPS) is 11.5. The molecule has 3 N–H and O–H groups in total. The molecule has 8 heteroatoms. The van der Waals surface area contributed by atoms with E-state index in [2.05, 4.69) is 25.7 Å². The number of hydrogen-bond donors (Lipinski definition) is 2. The highest BCUT2D eigenvalue weighted by molar-refractivity contribution is 9.10. The molecule has 0 unspecified atom stereocenters. The fourth-order valence-electron chi connectivity index (χ4n) is 0.905. The highest BCUT2D eigenvalue weighted by Crippen LogP contribution is 2.34.